The molecule has 0 bridgehead atoms. The number of halogens is 5. The largest absolute Gasteiger partial charge is 0.480 e. The molecule has 1 aromatic heterocycles. The van der Waals surface area contributed by atoms with E-state index in [4.69, 9.17) is 16.3 Å². The Morgan fingerprint density at radius 2 is 1.97 bits per heavy atom. The van der Waals surface area contributed by atoms with Gasteiger partial charge in [0.15, 0.2) is 6.10 Å². The molecule has 1 amide bonds. The van der Waals surface area contributed by atoms with Gasteiger partial charge < -0.3 is 15.2 Å². The number of hydrazine groups is 1. The lowest BCUT2D eigenvalue weighted by Gasteiger charge is -2.22. The lowest BCUT2D eigenvalue weighted by molar-refractivity contribution is -0.189. The fourth-order valence-electron chi connectivity index (χ4n) is 3.34. The summed E-state index contributed by atoms with van der Waals surface area (Å²) in [6.45, 7) is 5.54. The van der Waals surface area contributed by atoms with Crippen LogP contribution in [0, 0.1) is 12.7 Å². The van der Waals surface area contributed by atoms with Crippen molar-refractivity contribution in [3.8, 4) is 17.0 Å². The Kier molecular flexibility index (Phi) is 7.65. The number of ether oxygens (including phenoxy) is 1. The smallest absolute Gasteiger partial charge is 0.425 e. The van der Waals surface area contributed by atoms with E-state index < -0.39 is 53.0 Å². The van der Waals surface area contributed by atoms with Crippen molar-refractivity contribution in [2.45, 2.75) is 63.7 Å². The highest BCUT2D eigenvalue weighted by atomic mass is 35.5. The van der Waals surface area contributed by atoms with Crippen molar-refractivity contribution in [3.63, 3.8) is 0 Å². The van der Waals surface area contributed by atoms with Crippen LogP contribution < -0.4 is 20.9 Å². The maximum atomic E-state index is 15.1. The second-order valence-electron chi connectivity index (χ2n) is 8.01. The molecule has 0 radical (unpaired) electrons. The van der Waals surface area contributed by atoms with E-state index in [1.165, 1.54) is 13.1 Å². The molecule has 8 nitrogen and oxygen atoms in total. The highest BCUT2D eigenvalue weighted by Crippen LogP contribution is 2.33. The fraction of sp³-hybridized carbons (Fsp3) is 0.476. The number of nitrogens with one attached hydrogen (secondary N) is 3. The number of hydrogen-bond acceptors (Lipinski definition) is 7. The number of rotatable bonds is 6. The average molecular weight is 506 g/mol. The molecule has 1 aromatic carbocycles. The zero-order valence-corrected chi connectivity index (χ0v) is 19.4. The summed E-state index contributed by atoms with van der Waals surface area (Å²) in [6.07, 6.45) is -6.82. The number of benzene rings is 1. The summed E-state index contributed by atoms with van der Waals surface area (Å²) in [5, 5.41) is 12.5. The van der Waals surface area contributed by atoms with E-state index in [-0.39, 0.29) is 23.0 Å². The predicted molar refractivity (Wildman–Crippen MR) is 116 cm³/mol. The zero-order chi connectivity index (χ0) is 25.4. The van der Waals surface area contributed by atoms with Gasteiger partial charge in [-0.15, -0.1) is 11.6 Å². The molecule has 0 spiro atoms. The van der Waals surface area contributed by atoms with E-state index in [2.05, 4.69) is 26.1 Å². The monoisotopic (exact) mass is 505 g/mol. The van der Waals surface area contributed by atoms with Crippen LogP contribution in [-0.2, 0) is 0 Å². The quantitative estimate of drug-likeness (QED) is 0.271. The first-order valence-electron chi connectivity index (χ1n) is 10.3. The van der Waals surface area contributed by atoms with Gasteiger partial charge in [-0.05, 0) is 39.8 Å². The van der Waals surface area contributed by atoms with E-state index in [0.717, 1.165) is 19.1 Å². The number of aliphatic hydroxyl groups excluding tert-OH is 1. The molecular formula is C21H24ClF4N5O3. The average Bonchev–Trinajstić information content (AvgIpc) is 3.06. The molecule has 1 saturated heterocycles. The van der Waals surface area contributed by atoms with E-state index in [1.807, 2.05) is 0 Å². The molecule has 13 heteroatoms. The Hall–Kier alpha value is -2.54. The third-order valence-corrected chi connectivity index (χ3v) is 5.72. The normalized spacial score (nSPS) is 22.4. The minimum atomic E-state index is -4.74. The van der Waals surface area contributed by atoms with Gasteiger partial charge in [0.1, 0.15) is 17.1 Å². The number of hydrogen-bond donors (Lipinski definition) is 4. The van der Waals surface area contributed by atoms with Crippen molar-refractivity contribution in [1.29, 1.82) is 0 Å². The minimum Gasteiger partial charge on any atom is -0.480 e. The van der Waals surface area contributed by atoms with E-state index in [1.54, 1.807) is 13.8 Å². The van der Waals surface area contributed by atoms with Crippen molar-refractivity contribution in [3.05, 3.63) is 41.1 Å². The molecule has 1 aliphatic rings. The number of nitrogens with zero attached hydrogens (tertiary/aromatic N) is 2. The van der Waals surface area contributed by atoms with Crippen molar-refractivity contribution >= 4 is 17.5 Å². The topological polar surface area (TPSA) is 108 Å². The second kappa shape index (κ2) is 9.98. The Morgan fingerprint density at radius 3 is 2.53 bits per heavy atom. The van der Waals surface area contributed by atoms with Crippen LogP contribution in [0.2, 0.25) is 0 Å². The molecule has 4 unspecified atom stereocenters. The van der Waals surface area contributed by atoms with E-state index >= 15 is 4.39 Å². The van der Waals surface area contributed by atoms with Gasteiger partial charge >= 0.3 is 6.18 Å². The lowest BCUT2D eigenvalue weighted by atomic mass is 10.0. The van der Waals surface area contributed by atoms with Gasteiger partial charge in [0.2, 0.25) is 0 Å². The molecule has 0 saturated carbocycles. The van der Waals surface area contributed by atoms with Crippen LogP contribution in [0.5, 0.6) is 5.75 Å². The van der Waals surface area contributed by atoms with Gasteiger partial charge in [-0.2, -0.15) is 13.2 Å². The van der Waals surface area contributed by atoms with Crippen molar-refractivity contribution < 1.29 is 32.2 Å². The summed E-state index contributed by atoms with van der Waals surface area (Å²) in [4.78, 5) is 21.2. The van der Waals surface area contributed by atoms with E-state index in [0.29, 0.717) is 5.69 Å². The van der Waals surface area contributed by atoms with Gasteiger partial charge in [0.25, 0.3) is 5.91 Å². The Balaban J connectivity index is 2.06. The highest BCUT2D eigenvalue weighted by Gasteiger charge is 2.39. The summed E-state index contributed by atoms with van der Waals surface area (Å²) in [7, 11) is 0. The van der Waals surface area contributed by atoms with Gasteiger partial charge in [-0.25, -0.2) is 14.8 Å². The first-order valence-corrected chi connectivity index (χ1v) is 10.8. The number of aromatic nitrogens is 2. The Bertz CT molecular complexity index is 1060. The van der Waals surface area contributed by atoms with Gasteiger partial charge in [0, 0.05) is 11.6 Å². The maximum absolute atomic E-state index is 15.1. The van der Waals surface area contributed by atoms with Crippen molar-refractivity contribution in [2.24, 2.45) is 0 Å². The van der Waals surface area contributed by atoms with Crippen LogP contribution in [0.4, 0.5) is 17.6 Å². The second-order valence-corrected chi connectivity index (χ2v) is 8.48. The minimum absolute atomic E-state index is 0.0471. The predicted octanol–water partition coefficient (Wildman–Crippen LogP) is 3.13. The molecule has 0 aliphatic carbocycles. The van der Waals surface area contributed by atoms with Gasteiger partial charge in [-0.1, -0.05) is 0 Å². The molecule has 2 aromatic rings. The number of amides is 1. The first kappa shape index (κ1) is 26.1. The van der Waals surface area contributed by atoms with Crippen LogP contribution in [0.15, 0.2) is 18.3 Å². The molecule has 1 aliphatic heterocycles. The summed E-state index contributed by atoms with van der Waals surface area (Å²) in [5.41, 5.74) is 4.66. The highest BCUT2D eigenvalue weighted by molar-refractivity contribution is 6.21. The molecule has 34 heavy (non-hydrogen) atoms. The number of aliphatic hydroxyl groups is 1. The number of alkyl halides is 4. The number of aryl methyl sites for hydroxylation is 1. The zero-order valence-electron chi connectivity index (χ0n) is 18.7. The fourth-order valence-corrected chi connectivity index (χ4v) is 3.69. The molecule has 3 rings (SSSR count). The standard InChI is InChI=1S/C21H24ClF4N5O3/c1-8-17(10(3)32)28-15(7-27-8)12-6-16(34-11(4)21(24,25)26)13(5-14(12)23)20(33)29-18-9(2)30-31-19(18)22/h5-7,9-11,18-19,30-32H,1-4H3,(H,29,33)/t9?,10?,11-,18?,19?/m0/s1. The Morgan fingerprint density at radius 1 is 1.29 bits per heavy atom. The summed E-state index contributed by atoms with van der Waals surface area (Å²) in [6, 6.07) is 0.790. The van der Waals surface area contributed by atoms with Crippen LogP contribution in [0.1, 0.15) is 48.6 Å². The van der Waals surface area contributed by atoms with Crippen LogP contribution >= 0.6 is 11.6 Å². The van der Waals surface area contributed by atoms with Gasteiger partial charge in [-0.3, -0.25) is 15.2 Å². The van der Waals surface area contributed by atoms with Crippen LogP contribution in [-0.4, -0.2) is 50.8 Å². The lowest BCUT2D eigenvalue weighted by Crippen LogP contribution is -2.45. The van der Waals surface area contributed by atoms with E-state index in [9.17, 15) is 23.1 Å². The molecule has 5 atom stereocenters. The van der Waals surface area contributed by atoms with Crippen LogP contribution in [0.3, 0.4) is 0 Å². The third-order valence-electron chi connectivity index (χ3n) is 5.34. The third kappa shape index (κ3) is 5.57. The summed E-state index contributed by atoms with van der Waals surface area (Å²) >= 11 is 6.10. The summed E-state index contributed by atoms with van der Waals surface area (Å²) < 4.78 is 59.8. The Labute approximate surface area is 198 Å². The molecule has 1 fully saturated rings. The molecule has 4 N–H and O–H groups in total. The van der Waals surface area contributed by atoms with Crippen molar-refractivity contribution in [2.75, 3.05) is 0 Å². The maximum Gasteiger partial charge on any atom is 0.425 e. The molecule has 186 valence electrons. The molecular weight excluding hydrogens is 482 g/mol. The SMILES string of the molecule is Cc1ncc(-c2cc(O[C@@H](C)C(F)(F)F)c(C(=O)NC3C(C)NNC3Cl)cc2F)nc1C(C)O. The first-order chi connectivity index (χ1) is 15.8. The number of carbonyl (C=O) groups excluding carboxylic acids is 1. The van der Waals surface area contributed by atoms with Gasteiger partial charge in [0.05, 0.1) is 41.0 Å². The number of carbonyl (C=O) groups is 1. The van der Waals surface area contributed by atoms with Crippen molar-refractivity contribution in [1.82, 2.24) is 26.1 Å². The van der Waals surface area contributed by atoms with Crippen LogP contribution in [0.25, 0.3) is 11.3 Å². The summed E-state index contributed by atoms with van der Waals surface area (Å²) in [5.74, 6) is -2.31. The molecule has 2 heterocycles.